The molecular weight excluding hydrogens is 348 g/mol. The van der Waals surface area contributed by atoms with Crippen LogP contribution in [0.3, 0.4) is 0 Å². The third-order valence-corrected chi connectivity index (χ3v) is 6.09. The Morgan fingerprint density at radius 3 is 2.81 bits per heavy atom. The highest BCUT2D eigenvalue weighted by molar-refractivity contribution is 6.02. The molecule has 27 heavy (non-hydrogen) atoms. The smallest absolute Gasteiger partial charge is 0.312 e. The second-order valence-electron chi connectivity index (χ2n) is 7.76. The number of likely N-dealkylation sites (N-methyl/N-ethyl adjacent to an activating group) is 1. The lowest BCUT2D eigenvalue weighted by atomic mass is 9.77. The van der Waals surface area contributed by atoms with Crippen molar-refractivity contribution in [2.75, 3.05) is 26.8 Å². The van der Waals surface area contributed by atoms with E-state index in [2.05, 4.69) is 0 Å². The summed E-state index contributed by atoms with van der Waals surface area (Å²) >= 11 is 0. The largest absolute Gasteiger partial charge is 0.493 e. The van der Waals surface area contributed by atoms with Crippen molar-refractivity contribution in [3.63, 3.8) is 0 Å². The minimum atomic E-state index is -1.28. The van der Waals surface area contributed by atoms with E-state index in [1.54, 1.807) is 25.8 Å². The summed E-state index contributed by atoms with van der Waals surface area (Å²) in [5.41, 5.74) is 0.614. The SMILES string of the molecule is CCOC(=O)[C@H]1[C@H]2COc3ccc(C)cc3[C@@H]2N2C(=O)CN(C)C(=O)[C@@]12C. The lowest BCUT2D eigenvalue weighted by Crippen LogP contribution is -2.66. The van der Waals surface area contributed by atoms with Crippen LogP contribution in [0.1, 0.15) is 31.0 Å². The summed E-state index contributed by atoms with van der Waals surface area (Å²) in [6.45, 7) is 5.89. The second-order valence-corrected chi connectivity index (χ2v) is 7.76. The number of hydrogen-bond donors (Lipinski definition) is 0. The average Bonchev–Trinajstić information content (AvgIpc) is 2.90. The first kappa shape index (κ1) is 17.8. The second kappa shape index (κ2) is 5.97. The van der Waals surface area contributed by atoms with Gasteiger partial charge in [-0.05, 0) is 26.8 Å². The van der Waals surface area contributed by atoms with Crippen molar-refractivity contribution in [2.24, 2.45) is 11.8 Å². The normalized spacial score (nSPS) is 31.8. The first-order chi connectivity index (χ1) is 12.8. The molecule has 1 aromatic carbocycles. The molecule has 0 saturated carbocycles. The van der Waals surface area contributed by atoms with E-state index < -0.39 is 17.4 Å². The molecule has 144 valence electrons. The quantitative estimate of drug-likeness (QED) is 0.732. The van der Waals surface area contributed by atoms with Gasteiger partial charge < -0.3 is 19.3 Å². The Balaban J connectivity index is 1.91. The molecule has 0 aliphatic carbocycles. The number of nitrogens with zero attached hydrogens (tertiary/aromatic N) is 2. The average molecular weight is 372 g/mol. The molecule has 0 aromatic heterocycles. The van der Waals surface area contributed by atoms with Crippen LogP contribution >= 0.6 is 0 Å². The summed E-state index contributed by atoms with van der Waals surface area (Å²) < 4.78 is 11.2. The van der Waals surface area contributed by atoms with Gasteiger partial charge in [-0.1, -0.05) is 17.7 Å². The van der Waals surface area contributed by atoms with Crippen molar-refractivity contribution >= 4 is 17.8 Å². The van der Waals surface area contributed by atoms with Crippen LogP contribution in [0.5, 0.6) is 5.75 Å². The maximum Gasteiger partial charge on any atom is 0.312 e. The van der Waals surface area contributed by atoms with E-state index >= 15 is 0 Å². The van der Waals surface area contributed by atoms with Gasteiger partial charge in [0.1, 0.15) is 11.3 Å². The minimum Gasteiger partial charge on any atom is -0.493 e. The number of hydrogen-bond acceptors (Lipinski definition) is 5. The molecule has 2 saturated heterocycles. The Bertz CT molecular complexity index is 838. The molecule has 2 fully saturated rings. The summed E-state index contributed by atoms with van der Waals surface area (Å²) in [7, 11) is 1.60. The standard InChI is InChI=1S/C20H24N2O5/c1-5-26-18(24)16-13-10-27-14-7-6-11(2)8-12(14)17(13)22-15(23)9-21(4)19(25)20(16,22)3/h6-8,13,16-17H,5,9-10H2,1-4H3/t13-,16-,17+,20-/m1/s1. The van der Waals surface area contributed by atoms with Crippen molar-refractivity contribution in [2.45, 2.75) is 32.4 Å². The Morgan fingerprint density at radius 1 is 1.37 bits per heavy atom. The molecule has 0 N–H and O–H groups in total. The first-order valence-electron chi connectivity index (χ1n) is 9.28. The van der Waals surface area contributed by atoms with Crippen LogP contribution < -0.4 is 4.74 Å². The fraction of sp³-hybridized carbons (Fsp3) is 0.550. The van der Waals surface area contributed by atoms with Gasteiger partial charge >= 0.3 is 5.97 Å². The van der Waals surface area contributed by atoms with Gasteiger partial charge in [-0.3, -0.25) is 14.4 Å². The molecule has 3 aliphatic heterocycles. The summed E-state index contributed by atoms with van der Waals surface area (Å²) in [6.07, 6.45) is 0. The Hall–Kier alpha value is -2.57. The molecule has 1 aromatic rings. The summed E-state index contributed by atoms with van der Waals surface area (Å²) in [6, 6.07) is 5.44. The van der Waals surface area contributed by atoms with E-state index in [1.165, 1.54) is 4.90 Å². The summed E-state index contributed by atoms with van der Waals surface area (Å²) in [4.78, 5) is 42.2. The molecule has 0 radical (unpaired) electrons. The van der Waals surface area contributed by atoms with E-state index in [1.807, 2.05) is 25.1 Å². The Morgan fingerprint density at radius 2 is 2.11 bits per heavy atom. The highest BCUT2D eigenvalue weighted by Gasteiger charge is 2.68. The molecule has 7 nitrogen and oxygen atoms in total. The van der Waals surface area contributed by atoms with Gasteiger partial charge in [0, 0.05) is 18.5 Å². The van der Waals surface area contributed by atoms with E-state index in [-0.39, 0.29) is 43.5 Å². The number of piperazine rings is 1. The van der Waals surface area contributed by atoms with Crippen LogP contribution in [0.4, 0.5) is 0 Å². The topological polar surface area (TPSA) is 76.2 Å². The maximum atomic E-state index is 13.2. The van der Waals surface area contributed by atoms with Gasteiger partial charge in [-0.25, -0.2) is 0 Å². The number of fused-ring (bicyclic) bond motifs is 5. The third kappa shape index (κ3) is 2.30. The minimum absolute atomic E-state index is 0.00912. The van der Waals surface area contributed by atoms with Crippen molar-refractivity contribution in [1.29, 1.82) is 0 Å². The fourth-order valence-corrected chi connectivity index (χ4v) is 5.03. The van der Waals surface area contributed by atoms with E-state index in [0.717, 1.165) is 11.1 Å². The molecule has 7 heteroatoms. The zero-order chi connectivity index (χ0) is 19.5. The van der Waals surface area contributed by atoms with E-state index in [4.69, 9.17) is 9.47 Å². The molecular formula is C20H24N2O5. The molecule has 3 heterocycles. The zero-order valence-corrected chi connectivity index (χ0v) is 16.0. The first-order valence-corrected chi connectivity index (χ1v) is 9.28. The van der Waals surface area contributed by atoms with Crippen LogP contribution in [0.2, 0.25) is 0 Å². The number of benzene rings is 1. The summed E-state index contributed by atoms with van der Waals surface area (Å²) in [5.74, 6) is -1.24. The van der Waals surface area contributed by atoms with Crippen LogP contribution in [-0.2, 0) is 19.1 Å². The number of carbonyl (C=O) groups excluding carboxylic acids is 3. The summed E-state index contributed by atoms with van der Waals surface area (Å²) in [5, 5.41) is 0. The predicted molar refractivity (Wildman–Crippen MR) is 95.9 cm³/mol. The van der Waals surface area contributed by atoms with Crippen LogP contribution in [0, 0.1) is 18.8 Å². The highest BCUT2D eigenvalue weighted by atomic mass is 16.5. The molecule has 4 atom stereocenters. The lowest BCUT2D eigenvalue weighted by molar-refractivity contribution is -0.169. The van der Waals surface area contributed by atoms with Crippen molar-refractivity contribution < 1.29 is 23.9 Å². The number of amides is 2. The maximum absolute atomic E-state index is 13.2. The van der Waals surface area contributed by atoms with Gasteiger partial charge in [0.2, 0.25) is 11.8 Å². The molecule has 3 aliphatic rings. The van der Waals surface area contributed by atoms with Crippen LogP contribution in [0.15, 0.2) is 18.2 Å². The van der Waals surface area contributed by atoms with Gasteiger partial charge in [0.25, 0.3) is 0 Å². The van der Waals surface area contributed by atoms with Gasteiger partial charge in [-0.15, -0.1) is 0 Å². The van der Waals surface area contributed by atoms with Crippen molar-refractivity contribution in [1.82, 2.24) is 9.80 Å². The Labute approximate surface area is 158 Å². The monoisotopic (exact) mass is 372 g/mol. The molecule has 4 rings (SSSR count). The lowest BCUT2D eigenvalue weighted by Gasteiger charge is -2.45. The number of aryl methyl sites for hydroxylation is 1. The molecule has 0 unspecified atom stereocenters. The van der Waals surface area contributed by atoms with Crippen molar-refractivity contribution in [3.05, 3.63) is 29.3 Å². The fourth-order valence-electron chi connectivity index (χ4n) is 5.03. The molecule has 0 spiro atoms. The molecule has 0 bridgehead atoms. The van der Waals surface area contributed by atoms with E-state index in [9.17, 15) is 14.4 Å². The number of rotatable bonds is 2. The van der Waals surface area contributed by atoms with Gasteiger partial charge in [0.15, 0.2) is 0 Å². The predicted octanol–water partition coefficient (Wildman–Crippen LogP) is 1.30. The third-order valence-electron chi connectivity index (χ3n) is 6.09. The van der Waals surface area contributed by atoms with Gasteiger partial charge in [0.05, 0.1) is 31.7 Å². The number of esters is 1. The van der Waals surface area contributed by atoms with Crippen LogP contribution in [-0.4, -0.2) is 59.9 Å². The van der Waals surface area contributed by atoms with E-state index in [0.29, 0.717) is 5.75 Å². The highest BCUT2D eigenvalue weighted by Crippen LogP contribution is 2.56. The van der Waals surface area contributed by atoms with Crippen molar-refractivity contribution in [3.8, 4) is 5.75 Å². The molecule has 2 amide bonds. The number of carbonyl (C=O) groups is 3. The van der Waals surface area contributed by atoms with Gasteiger partial charge in [-0.2, -0.15) is 0 Å². The van der Waals surface area contributed by atoms with Crippen LogP contribution in [0.25, 0.3) is 0 Å². The number of ether oxygens (including phenoxy) is 2. The zero-order valence-electron chi connectivity index (χ0n) is 16.0. The Kier molecular flexibility index (Phi) is 3.94.